The second kappa shape index (κ2) is 14.6. The predicted octanol–water partition coefficient (Wildman–Crippen LogP) is 5.73. The Bertz CT molecular complexity index is 1380. The van der Waals surface area contributed by atoms with Crippen LogP contribution in [0.15, 0.2) is 42.5 Å². The van der Waals surface area contributed by atoms with Gasteiger partial charge >= 0.3 is 6.18 Å². The van der Waals surface area contributed by atoms with Crippen molar-refractivity contribution in [3.63, 3.8) is 0 Å². The van der Waals surface area contributed by atoms with Crippen LogP contribution >= 0.6 is 0 Å². The molecule has 3 aromatic rings. The molecular weight excluding hydrogens is 540 g/mol. The summed E-state index contributed by atoms with van der Waals surface area (Å²) in [6, 6.07) is 11.5. The number of fused-ring (bicyclic) bond motifs is 1. The van der Waals surface area contributed by atoms with E-state index in [9.17, 15) is 22.4 Å². The Morgan fingerprint density at radius 2 is 1.98 bits per heavy atom. The van der Waals surface area contributed by atoms with Crippen LogP contribution in [0.2, 0.25) is 0 Å². The Hall–Kier alpha value is -3.91. The molecular formula is C30H38F4N4O3. The number of nitrogens with one attached hydrogen (secondary N) is 2. The van der Waals surface area contributed by atoms with Crippen LogP contribution in [0, 0.1) is 11.8 Å². The van der Waals surface area contributed by atoms with Crippen molar-refractivity contribution in [2.75, 3.05) is 52.8 Å². The maximum Gasteiger partial charge on any atom is 0.406 e. The lowest BCUT2D eigenvalue weighted by molar-refractivity contribution is -0.140. The van der Waals surface area contributed by atoms with Crippen LogP contribution in [0.5, 0.6) is 11.5 Å². The highest BCUT2D eigenvalue weighted by Gasteiger charge is 2.29. The monoisotopic (exact) mass is 578 g/mol. The number of nitrogens with zero attached hydrogens (tertiary/aromatic N) is 2. The SMILES string of the molecule is CCNC(=O)c1ccc(OC)c(OCC#Cc2cc3c(NC)cccc3n2CC(F)(F)F)c1.CN1CCC[C@@H](F)C1.[HH]. The summed E-state index contributed by atoms with van der Waals surface area (Å²) in [6.07, 6.45) is -3.17. The number of likely N-dealkylation sites (tertiary alicyclic amines) is 1. The number of benzene rings is 2. The summed E-state index contributed by atoms with van der Waals surface area (Å²) in [6.45, 7) is 2.73. The van der Waals surface area contributed by atoms with E-state index in [-0.39, 0.29) is 19.6 Å². The average molecular weight is 579 g/mol. The molecule has 1 amide bonds. The van der Waals surface area contributed by atoms with Crippen molar-refractivity contribution in [1.29, 1.82) is 0 Å². The quantitative estimate of drug-likeness (QED) is 0.277. The molecule has 0 radical (unpaired) electrons. The third-order valence-corrected chi connectivity index (χ3v) is 6.40. The molecule has 2 aromatic carbocycles. The van der Waals surface area contributed by atoms with E-state index in [1.54, 1.807) is 43.4 Å². The molecule has 11 heteroatoms. The zero-order chi connectivity index (χ0) is 30.0. The van der Waals surface area contributed by atoms with E-state index >= 15 is 0 Å². The van der Waals surface area contributed by atoms with Crippen molar-refractivity contribution in [2.24, 2.45) is 0 Å². The summed E-state index contributed by atoms with van der Waals surface area (Å²) in [5.41, 5.74) is 1.75. The standard InChI is InChI=1S/C24H24F3N3O3.C6H12FN.H2/c1-4-29-23(31)16-10-11-21(32-3)22(13-16)33-12-6-7-17-14-18-19(28-2)8-5-9-20(18)30(17)15-24(25,26)27;1-8-4-2-3-6(7)5-8;/h5,8-11,13-14,28H,4,12,15H2,1-3H3,(H,29,31);6H,2-5H2,1H3;1H/t;6-;/m.1./s1. The lowest BCUT2D eigenvalue weighted by Crippen LogP contribution is -2.32. The highest BCUT2D eigenvalue weighted by molar-refractivity contribution is 5.95. The highest BCUT2D eigenvalue weighted by Crippen LogP contribution is 2.30. The van der Waals surface area contributed by atoms with Gasteiger partial charge in [-0.1, -0.05) is 12.0 Å². The van der Waals surface area contributed by atoms with Crippen molar-refractivity contribution in [3.8, 4) is 23.3 Å². The fraction of sp³-hybridized carbons (Fsp3) is 0.433. The minimum atomic E-state index is -4.40. The van der Waals surface area contributed by atoms with Gasteiger partial charge in [0, 0.05) is 38.2 Å². The van der Waals surface area contributed by atoms with Crippen molar-refractivity contribution >= 4 is 22.5 Å². The van der Waals surface area contributed by atoms with Crippen LogP contribution < -0.4 is 20.1 Å². The number of methoxy groups -OCH3 is 1. The van der Waals surface area contributed by atoms with Crippen LogP contribution in [-0.2, 0) is 6.54 Å². The number of carbonyl (C=O) groups is 1. The molecule has 1 saturated heterocycles. The van der Waals surface area contributed by atoms with Crippen LogP contribution in [-0.4, -0.2) is 75.2 Å². The lowest BCUT2D eigenvalue weighted by Gasteiger charge is -2.24. The predicted molar refractivity (Wildman–Crippen MR) is 155 cm³/mol. The van der Waals surface area contributed by atoms with Crippen LogP contribution in [0.25, 0.3) is 10.9 Å². The molecule has 1 fully saturated rings. The molecule has 4 rings (SSSR count). The van der Waals surface area contributed by atoms with E-state index in [2.05, 4.69) is 22.5 Å². The van der Waals surface area contributed by atoms with Gasteiger partial charge in [0.25, 0.3) is 5.91 Å². The maximum absolute atomic E-state index is 13.2. The number of ether oxygens (including phenoxy) is 2. The molecule has 2 heterocycles. The average Bonchev–Trinajstić information content (AvgIpc) is 3.27. The van der Waals surface area contributed by atoms with Gasteiger partial charge in [0.2, 0.25) is 0 Å². The number of amides is 1. The van der Waals surface area contributed by atoms with Crippen LogP contribution in [0.1, 0.15) is 37.2 Å². The maximum atomic E-state index is 13.2. The summed E-state index contributed by atoms with van der Waals surface area (Å²) in [7, 11) is 5.14. The molecule has 0 spiro atoms. The van der Waals surface area contributed by atoms with E-state index in [1.807, 2.05) is 18.9 Å². The Balaban J connectivity index is 0.000000591. The van der Waals surface area contributed by atoms with Gasteiger partial charge in [0.1, 0.15) is 19.3 Å². The largest absolute Gasteiger partial charge is 0.493 e. The second-order valence-corrected chi connectivity index (χ2v) is 9.54. The smallest absolute Gasteiger partial charge is 0.406 e. The first-order valence-electron chi connectivity index (χ1n) is 13.3. The third kappa shape index (κ3) is 9.05. The zero-order valence-corrected chi connectivity index (χ0v) is 23.7. The van der Waals surface area contributed by atoms with E-state index in [0.717, 1.165) is 24.0 Å². The first kappa shape index (κ1) is 31.6. The molecule has 0 bridgehead atoms. The Morgan fingerprint density at radius 1 is 1.20 bits per heavy atom. The number of rotatable bonds is 7. The highest BCUT2D eigenvalue weighted by atomic mass is 19.4. The van der Waals surface area contributed by atoms with Gasteiger partial charge in [-0.05, 0) is 75.7 Å². The van der Waals surface area contributed by atoms with Crippen LogP contribution in [0.3, 0.4) is 0 Å². The van der Waals surface area contributed by atoms with Crippen molar-refractivity contribution in [1.82, 2.24) is 14.8 Å². The minimum absolute atomic E-state index is 0. The summed E-state index contributed by atoms with van der Waals surface area (Å²) >= 11 is 0. The van der Waals surface area contributed by atoms with Gasteiger partial charge < -0.3 is 29.6 Å². The number of aromatic nitrogens is 1. The topological polar surface area (TPSA) is 67.8 Å². The Kier molecular flexibility index (Phi) is 11.3. The number of halogens is 4. The number of carbonyl (C=O) groups excluding carboxylic acids is 1. The van der Waals surface area contributed by atoms with Crippen molar-refractivity contribution in [2.45, 2.75) is 38.7 Å². The fourth-order valence-electron chi connectivity index (χ4n) is 4.49. The van der Waals surface area contributed by atoms with Gasteiger partial charge in [-0.25, -0.2) is 4.39 Å². The first-order chi connectivity index (χ1) is 19.6. The molecule has 0 saturated carbocycles. The van der Waals surface area contributed by atoms with Crippen molar-refractivity contribution in [3.05, 3.63) is 53.7 Å². The molecule has 2 N–H and O–H groups in total. The fourth-order valence-corrected chi connectivity index (χ4v) is 4.49. The lowest BCUT2D eigenvalue weighted by atomic mass is 10.1. The zero-order valence-electron chi connectivity index (χ0n) is 23.7. The number of anilines is 1. The number of hydrogen-bond donors (Lipinski definition) is 2. The molecule has 41 heavy (non-hydrogen) atoms. The molecule has 1 aliphatic rings. The van der Waals surface area contributed by atoms with E-state index in [1.165, 1.54) is 13.2 Å². The molecule has 224 valence electrons. The second-order valence-electron chi connectivity index (χ2n) is 9.54. The third-order valence-electron chi connectivity index (χ3n) is 6.40. The Morgan fingerprint density at radius 3 is 2.59 bits per heavy atom. The molecule has 0 aliphatic carbocycles. The summed E-state index contributed by atoms with van der Waals surface area (Å²) in [4.78, 5) is 14.1. The summed E-state index contributed by atoms with van der Waals surface area (Å²) in [5.74, 6) is 6.01. The van der Waals surface area contributed by atoms with Crippen LogP contribution in [0.4, 0.5) is 23.2 Å². The summed E-state index contributed by atoms with van der Waals surface area (Å²) < 4.78 is 64.1. The molecule has 1 aliphatic heterocycles. The van der Waals surface area contributed by atoms with Gasteiger partial charge in [0.05, 0.1) is 18.3 Å². The van der Waals surface area contributed by atoms with Gasteiger partial charge in [0.15, 0.2) is 11.5 Å². The first-order valence-corrected chi connectivity index (χ1v) is 13.3. The van der Waals surface area contributed by atoms with Gasteiger partial charge in [-0.15, -0.1) is 0 Å². The van der Waals surface area contributed by atoms with Crippen molar-refractivity contribution < 1.29 is 33.3 Å². The normalized spacial score (nSPS) is 15.3. The van der Waals surface area contributed by atoms with E-state index in [0.29, 0.717) is 46.7 Å². The molecule has 1 atom stereocenters. The van der Waals surface area contributed by atoms with Gasteiger partial charge in [-0.2, -0.15) is 13.2 Å². The minimum Gasteiger partial charge on any atom is -0.493 e. The summed E-state index contributed by atoms with van der Waals surface area (Å²) in [5, 5.41) is 6.33. The number of alkyl halides is 4. The molecule has 0 unspecified atom stereocenters. The number of piperidine rings is 1. The molecule has 1 aromatic heterocycles. The van der Waals surface area contributed by atoms with E-state index < -0.39 is 18.9 Å². The molecule has 7 nitrogen and oxygen atoms in total. The number of hydrogen-bond acceptors (Lipinski definition) is 5. The van der Waals surface area contributed by atoms with Gasteiger partial charge in [-0.3, -0.25) is 4.79 Å². The Labute approximate surface area is 239 Å². The van der Waals surface area contributed by atoms with E-state index in [4.69, 9.17) is 9.47 Å².